The Balaban J connectivity index is 1.45. The second kappa shape index (κ2) is 8.84. The van der Waals surface area contributed by atoms with E-state index in [1.165, 1.54) is 11.1 Å². The van der Waals surface area contributed by atoms with Crippen LogP contribution in [-0.2, 0) is 27.2 Å². The molecular formula is C23H33N3O3. The Morgan fingerprint density at radius 2 is 1.79 bits per heavy atom. The second-order valence-electron chi connectivity index (χ2n) is 8.72. The Hall–Kier alpha value is -1.92. The molecule has 2 fully saturated rings. The van der Waals surface area contributed by atoms with E-state index in [1.807, 2.05) is 11.8 Å². The van der Waals surface area contributed by atoms with E-state index < -0.39 is 6.04 Å². The number of ether oxygens (including phenoxy) is 1. The summed E-state index contributed by atoms with van der Waals surface area (Å²) < 4.78 is 6.49. The van der Waals surface area contributed by atoms with Crippen molar-refractivity contribution in [2.45, 2.75) is 88.7 Å². The van der Waals surface area contributed by atoms with E-state index in [4.69, 9.17) is 4.74 Å². The molecule has 2 saturated heterocycles. The van der Waals surface area contributed by atoms with Crippen molar-refractivity contribution in [1.29, 1.82) is 0 Å². The number of amides is 2. The van der Waals surface area contributed by atoms with E-state index in [0.29, 0.717) is 6.42 Å². The number of nitrogens with zero attached hydrogens (tertiary/aromatic N) is 1. The van der Waals surface area contributed by atoms with Crippen molar-refractivity contribution in [3.8, 4) is 0 Å². The molecule has 2 N–H and O–H groups in total. The zero-order valence-electron chi connectivity index (χ0n) is 17.5. The van der Waals surface area contributed by atoms with Gasteiger partial charge in [-0.25, -0.2) is 0 Å². The maximum atomic E-state index is 13.4. The third-order valence-electron chi connectivity index (χ3n) is 6.79. The maximum Gasteiger partial charge on any atom is 0.247 e. The van der Waals surface area contributed by atoms with Crippen LogP contribution in [0.15, 0.2) is 24.3 Å². The summed E-state index contributed by atoms with van der Waals surface area (Å²) in [6.07, 6.45) is 7.45. The van der Waals surface area contributed by atoms with Crippen LogP contribution in [0.5, 0.6) is 0 Å². The summed E-state index contributed by atoms with van der Waals surface area (Å²) in [5, 5.41) is 5.93. The van der Waals surface area contributed by atoms with Crippen LogP contribution < -0.4 is 10.6 Å². The third-order valence-corrected chi connectivity index (χ3v) is 6.79. The summed E-state index contributed by atoms with van der Waals surface area (Å²) in [4.78, 5) is 27.8. The molecule has 6 heteroatoms. The van der Waals surface area contributed by atoms with E-state index in [2.05, 4.69) is 34.9 Å². The lowest BCUT2D eigenvalue weighted by atomic mass is 9.99. The van der Waals surface area contributed by atoms with Gasteiger partial charge in [-0.15, -0.1) is 0 Å². The van der Waals surface area contributed by atoms with Gasteiger partial charge in [0.25, 0.3) is 0 Å². The Bertz CT molecular complexity index is 728. The first-order valence-corrected chi connectivity index (χ1v) is 11.1. The number of likely N-dealkylation sites (N-methyl/N-ethyl adjacent to an activating group) is 1. The molecule has 0 aromatic heterocycles. The van der Waals surface area contributed by atoms with Crippen LogP contribution in [0.4, 0.5) is 0 Å². The molecule has 1 aromatic carbocycles. The molecule has 0 spiro atoms. The number of nitrogens with one attached hydrogen (secondary N) is 2. The Morgan fingerprint density at radius 1 is 1.10 bits per heavy atom. The van der Waals surface area contributed by atoms with Crippen LogP contribution in [0.25, 0.3) is 0 Å². The fraction of sp³-hybridized carbons (Fsp3) is 0.652. The predicted octanol–water partition coefficient (Wildman–Crippen LogP) is 2.15. The minimum Gasteiger partial charge on any atom is -0.354 e. The minimum atomic E-state index is -0.453. The number of benzene rings is 1. The fourth-order valence-corrected chi connectivity index (χ4v) is 5.02. The standard InChI is InChI=1S/C23H33N3O3/c1-15(24-2)22(27)25-20-10-6-5-9-18-11-12-21(26(18)23(20)28)29-19-13-16-7-3-4-8-17(16)14-19/h3-4,7-8,15,18-21,24H,5-6,9-14H2,1-2H3,(H,25,27)/t15?,18-,20-,21?/m0/s1. The fourth-order valence-electron chi connectivity index (χ4n) is 5.02. The van der Waals surface area contributed by atoms with Crippen LogP contribution in [-0.4, -0.2) is 54.2 Å². The summed E-state index contributed by atoms with van der Waals surface area (Å²) >= 11 is 0. The molecule has 6 nitrogen and oxygen atoms in total. The SMILES string of the molecule is CNC(C)C(=O)N[C@H]1CCCC[C@H]2CCC(OC3Cc4ccccc4C3)N2C1=O. The topological polar surface area (TPSA) is 70.7 Å². The van der Waals surface area contributed by atoms with Gasteiger partial charge in [0.15, 0.2) is 0 Å². The second-order valence-corrected chi connectivity index (χ2v) is 8.72. The molecule has 0 saturated carbocycles. The Labute approximate surface area is 173 Å². The molecule has 1 aromatic rings. The predicted molar refractivity (Wildman–Crippen MR) is 111 cm³/mol. The first-order chi connectivity index (χ1) is 14.1. The van der Waals surface area contributed by atoms with Crippen LogP contribution in [0.1, 0.15) is 56.6 Å². The highest BCUT2D eigenvalue weighted by Gasteiger charge is 2.42. The van der Waals surface area contributed by atoms with E-state index in [0.717, 1.165) is 44.9 Å². The molecule has 2 unspecified atom stereocenters. The van der Waals surface area contributed by atoms with E-state index >= 15 is 0 Å². The van der Waals surface area contributed by atoms with Crippen LogP contribution >= 0.6 is 0 Å². The van der Waals surface area contributed by atoms with Gasteiger partial charge in [0, 0.05) is 6.04 Å². The zero-order chi connectivity index (χ0) is 20.4. The number of hydrogen-bond acceptors (Lipinski definition) is 4. The minimum absolute atomic E-state index is 0.0318. The van der Waals surface area contributed by atoms with Crippen molar-refractivity contribution < 1.29 is 14.3 Å². The van der Waals surface area contributed by atoms with Crippen molar-refractivity contribution in [3.05, 3.63) is 35.4 Å². The normalized spacial score (nSPS) is 28.4. The average Bonchev–Trinajstić information content (AvgIpc) is 3.31. The monoisotopic (exact) mass is 399 g/mol. The third kappa shape index (κ3) is 4.33. The van der Waals surface area contributed by atoms with Crippen LogP contribution in [0.3, 0.4) is 0 Å². The molecule has 0 radical (unpaired) electrons. The van der Waals surface area contributed by atoms with E-state index in [9.17, 15) is 9.59 Å². The summed E-state index contributed by atoms with van der Waals surface area (Å²) in [6.45, 7) is 1.81. The van der Waals surface area contributed by atoms with Crippen molar-refractivity contribution >= 4 is 11.8 Å². The van der Waals surface area contributed by atoms with Gasteiger partial charge in [-0.05, 0) is 63.6 Å². The number of carbonyl (C=O) groups is 2. The lowest BCUT2D eigenvalue weighted by Gasteiger charge is -2.36. The molecule has 158 valence electrons. The molecule has 2 aliphatic heterocycles. The summed E-state index contributed by atoms with van der Waals surface area (Å²) in [6, 6.07) is 7.97. The number of hydrogen-bond donors (Lipinski definition) is 2. The molecule has 2 heterocycles. The van der Waals surface area contributed by atoms with Gasteiger partial charge in [0.05, 0.1) is 12.1 Å². The molecule has 2 amide bonds. The van der Waals surface area contributed by atoms with E-state index in [-0.39, 0.29) is 36.2 Å². The van der Waals surface area contributed by atoms with Crippen molar-refractivity contribution in [1.82, 2.24) is 15.5 Å². The van der Waals surface area contributed by atoms with Gasteiger partial charge >= 0.3 is 0 Å². The molecule has 1 aliphatic carbocycles. The molecule has 4 rings (SSSR count). The largest absolute Gasteiger partial charge is 0.354 e. The van der Waals surface area contributed by atoms with Crippen LogP contribution in [0, 0.1) is 0 Å². The highest BCUT2D eigenvalue weighted by atomic mass is 16.5. The first kappa shape index (κ1) is 20.4. The van der Waals surface area contributed by atoms with Gasteiger partial charge in [-0.2, -0.15) is 0 Å². The first-order valence-electron chi connectivity index (χ1n) is 11.1. The summed E-state index contributed by atoms with van der Waals surface area (Å²) in [5.74, 6) is -0.0877. The number of rotatable bonds is 5. The highest BCUT2D eigenvalue weighted by molar-refractivity contribution is 5.90. The molecule has 4 atom stereocenters. The van der Waals surface area contributed by atoms with Gasteiger partial charge in [-0.1, -0.05) is 37.1 Å². The highest BCUT2D eigenvalue weighted by Crippen LogP contribution is 2.34. The Morgan fingerprint density at radius 3 is 2.48 bits per heavy atom. The molecular weight excluding hydrogens is 366 g/mol. The lowest BCUT2D eigenvalue weighted by molar-refractivity contribution is -0.155. The summed E-state index contributed by atoms with van der Waals surface area (Å²) in [7, 11) is 1.75. The average molecular weight is 400 g/mol. The van der Waals surface area contributed by atoms with Crippen molar-refractivity contribution in [2.75, 3.05) is 7.05 Å². The molecule has 29 heavy (non-hydrogen) atoms. The van der Waals surface area contributed by atoms with Crippen LogP contribution in [0.2, 0.25) is 0 Å². The Kier molecular flexibility index (Phi) is 6.20. The molecule has 0 bridgehead atoms. The van der Waals surface area contributed by atoms with Gasteiger partial charge in [0.1, 0.15) is 12.3 Å². The van der Waals surface area contributed by atoms with Gasteiger partial charge < -0.3 is 20.3 Å². The van der Waals surface area contributed by atoms with Gasteiger partial charge in [-0.3, -0.25) is 9.59 Å². The van der Waals surface area contributed by atoms with Crippen molar-refractivity contribution in [3.63, 3.8) is 0 Å². The van der Waals surface area contributed by atoms with Crippen molar-refractivity contribution in [2.24, 2.45) is 0 Å². The smallest absolute Gasteiger partial charge is 0.247 e. The molecule has 3 aliphatic rings. The van der Waals surface area contributed by atoms with E-state index in [1.54, 1.807) is 7.05 Å². The number of fused-ring (bicyclic) bond motifs is 2. The quantitative estimate of drug-likeness (QED) is 0.796. The maximum absolute atomic E-state index is 13.4. The zero-order valence-corrected chi connectivity index (χ0v) is 17.5. The summed E-state index contributed by atoms with van der Waals surface area (Å²) in [5.41, 5.74) is 2.72. The number of carbonyl (C=O) groups excluding carboxylic acids is 2. The lowest BCUT2D eigenvalue weighted by Crippen LogP contribution is -2.56. The van der Waals surface area contributed by atoms with Gasteiger partial charge in [0.2, 0.25) is 11.8 Å².